The summed E-state index contributed by atoms with van der Waals surface area (Å²) < 4.78 is 22.2. The van der Waals surface area contributed by atoms with Crippen LogP contribution >= 0.6 is 0 Å². The van der Waals surface area contributed by atoms with Crippen molar-refractivity contribution in [1.82, 2.24) is 0 Å². The van der Waals surface area contributed by atoms with Crippen LogP contribution in [0.5, 0.6) is 11.5 Å². The number of carbonyl (C=O) groups is 1. The number of hydrogen-bond donors (Lipinski definition) is 0. The van der Waals surface area contributed by atoms with Gasteiger partial charge in [-0.1, -0.05) is 66.6 Å². The molecule has 0 heterocycles. The van der Waals surface area contributed by atoms with E-state index in [1.807, 2.05) is 50.2 Å². The molecule has 3 aromatic rings. The van der Waals surface area contributed by atoms with Crippen LogP contribution in [0.15, 0.2) is 84.9 Å². The van der Waals surface area contributed by atoms with E-state index in [0.717, 1.165) is 11.1 Å². The van der Waals surface area contributed by atoms with Crippen molar-refractivity contribution >= 4 is 5.97 Å². The van der Waals surface area contributed by atoms with Gasteiger partial charge in [0.2, 0.25) is 0 Å². The molecular weight excluding hydrogens is 428 g/mol. The number of rotatable bonds is 10. The van der Waals surface area contributed by atoms with Gasteiger partial charge in [0.1, 0.15) is 11.5 Å². The van der Waals surface area contributed by atoms with E-state index in [1.165, 1.54) is 0 Å². The van der Waals surface area contributed by atoms with Crippen LogP contribution < -0.4 is 9.47 Å². The Morgan fingerprint density at radius 2 is 1.41 bits per heavy atom. The highest BCUT2D eigenvalue weighted by Gasteiger charge is 2.34. The van der Waals surface area contributed by atoms with Gasteiger partial charge >= 0.3 is 5.97 Å². The first-order valence-electron chi connectivity index (χ1n) is 11.3. The molecule has 3 aromatic carbocycles. The van der Waals surface area contributed by atoms with Gasteiger partial charge in [-0.3, -0.25) is 0 Å². The summed E-state index contributed by atoms with van der Waals surface area (Å²) in [6, 6.07) is 26.9. The lowest BCUT2D eigenvalue weighted by Gasteiger charge is -2.34. The van der Waals surface area contributed by atoms with Gasteiger partial charge < -0.3 is 18.9 Å². The summed E-state index contributed by atoms with van der Waals surface area (Å²) >= 11 is 0. The predicted molar refractivity (Wildman–Crippen MR) is 132 cm³/mol. The maximum absolute atomic E-state index is 12.4. The van der Waals surface area contributed by atoms with Crippen LogP contribution in [0.25, 0.3) is 0 Å². The maximum atomic E-state index is 12.4. The highest BCUT2D eigenvalue weighted by molar-refractivity contribution is 5.90. The summed E-state index contributed by atoms with van der Waals surface area (Å²) in [5.74, 6) is 6.16. The highest BCUT2D eigenvalue weighted by Crippen LogP contribution is 2.36. The highest BCUT2D eigenvalue weighted by atomic mass is 16.7. The Bertz CT molecular complexity index is 1040. The second-order valence-corrected chi connectivity index (χ2v) is 7.69. The molecule has 0 N–H and O–H groups in total. The summed E-state index contributed by atoms with van der Waals surface area (Å²) in [6.45, 7) is 4.70. The SMILES string of the molecule is CCOC(C)OCC(CC#CC(=O)Oc1ccc(OC)cc1)(c1ccccc1)c1ccccc1. The third kappa shape index (κ3) is 6.71. The first-order valence-corrected chi connectivity index (χ1v) is 11.3. The van der Waals surface area contributed by atoms with Gasteiger partial charge in [0.05, 0.1) is 19.1 Å². The third-order valence-corrected chi connectivity index (χ3v) is 5.47. The van der Waals surface area contributed by atoms with Crippen molar-refractivity contribution in [3.63, 3.8) is 0 Å². The van der Waals surface area contributed by atoms with Crippen LogP contribution in [0.4, 0.5) is 0 Å². The molecule has 176 valence electrons. The van der Waals surface area contributed by atoms with E-state index in [9.17, 15) is 4.79 Å². The molecular formula is C29H30O5. The number of esters is 1. The molecule has 0 spiro atoms. The van der Waals surface area contributed by atoms with Gasteiger partial charge in [0.25, 0.3) is 0 Å². The molecule has 0 aliphatic heterocycles. The standard InChI is InChI=1S/C29H30O5/c1-4-32-23(2)33-22-29(24-12-7-5-8-13-24,25-14-9-6-10-15-25)21-11-16-28(30)34-27-19-17-26(31-3)18-20-27/h5-10,12-15,17-20,23H,4,21-22H2,1-3H3. The van der Waals surface area contributed by atoms with Crippen molar-refractivity contribution in [1.29, 1.82) is 0 Å². The zero-order valence-corrected chi connectivity index (χ0v) is 19.8. The van der Waals surface area contributed by atoms with Crippen LogP contribution in [0.1, 0.15) is 31.4 Å². The Hall–Kier alpha value is -3.59. The third-order valence-electron chi connectivity index (χ3n) is 5.47. The van der Waals surface area contributed by atoms with Gasteiger partial charge in [-0.15, -0.1) is 0 Å². The smallest absolute Gasteiger partial charge is 0.389 e. The van der Waals surface area contributed by atoms with E-state index in [2.05, 4.69) is 36.1 Å². The molecule has 3 rings (SSSR count). The molecule has 0 aliphatic carbocycles. The van der Waals surface area contributed by atoms with Crippen molar-refractivity contribution in [2.45, 2.75) is 32.0 Å². The molecule has 0 bridgehead atoms. The normalized spacial score (nSPS) is 11.7. The first kappa shape index (κ1) is 25.0. The Morgan fingerprint density at radius 1 is 0.853 bits per heavy atom. The quantitative estimate of drug-likeness (QED) is 0.134. The van der Waals surface area contributed by atoms with E-state index in [1.54, 1.807) is 31.4 Å². The fourth-order valence-corrected chi connectivity index (χ4v) is 3.69. The fourth-order valence-electron chi connectivity index (χ4n) is 3.69. The lowest BCUT2D eigenvalue weighted by molar-refractivity contribution is -0.135. The van der Waals surface area contributed by atoms with Gasteiger partial charge in [-0.25, -0.2) is 4.79 Å². The molecule has 0 fully saturated rings. The second-order valence-electron chi connectivity index (χ2n) is 7.69. The van der Waals surface area contributed by atoms with Gasteiger partial charge in [-0.05, 0) is 49.2 Å². The zero-order valence-electron chi connectivity index (χ0n) is 19.8. The monoisotopic (exact) mass is 458 g/mol. The Kier molecular flexibility index (Phi) is 9.28. The lowest BCUT2D eigenvalue weighted by atomic mass is 9.72. The second kappa shape index (κ2) is 12.6. The van der Waals surface area contributed by atoms with Crippen LogP contribution in [0.3, 0.4) is 0 Å². The summed E-state index contributed by atoms with van der Waals surface area (Å²) in [6.07, 6.45) is -0.0118. The molecule has 0 aliphatic rings. The van der Waals surface area contributed by atoms with Gasteiger partial charge in [-0.2, -0.15) is 0 Å². The molecule has 34 heavy (non-hydrogen) atoms. The van der Waals surface area contributed by atoms with Crippen LogP contribution in [-0.4, -0.2) is 32.6 Å². The van der Waals surface area contributed by atoms with Crippen LogP contribution in [0, 0.1) is 11.8 Å². The number of methoxy groups -OCH3 is 1. The minimum absolute atomic E-state index is 0.338. The molecule has 5 nitrogen and oxygen atoms in total. The Balaban J connectivity index is 1.88. The summed E-state index contributed by atoms with van der Waals surface area (Å²) in [5, 5.41) is 0. The van der Waals surface area contributed by atoms with Crippen molar-refractivity contribution in [3.8, 4) is 23.3 Å². The molecule has 1 atom stereocenters. The lowest BCUT2D eigenvalue weighted by Crippen LogP contribution is -2.35. The average molecular weight is 459 g/mol. The van der Waals surface area contributed by atoms with E-state index in [0.29, 0.717) is 31.1 Å². The number of ether oxygens (including phenoxy) is 4. The summed E-state index contributed by atoms with van der Waals surface area (Å²) in [4.78, 5) is 12.4. The van der Waals surface area contributed by atoms with Crippen molar-refractivity contribution in [3.05, 3.63) is 96.1 Å². The largest absolute Gasteiger partial charge is 0.497 e. The van der Waals surface area contributed by atoms with Crippen LogP contribution in [0.2, 0.25) is 0 Å². The fraction of sp³-hybridized carbons (Fsp3) is 0.276. The molecule has 0 radical (unpaired) electrons. The van der Waals surface area contributed by atoms with E-state index >= 15 is 0 Å². The van der Waals surface area contributed by atoms with Crippen LogP contribution in [-0.2, 0) is 19.7 Å². The number of hydrogen-bond acceptors (Lipinski definition) is 5. The zero-order chi connectivity index (χ0) is 24.2. The predicted octanol–water partition coefficient (Wildman–Crippen LogP) is 5.38. The first-order chi connectivity index (χ1) is 16.6. The molecule has 5 heteroatoms. The molecule has 0 saturated heterocycles. The average Bonchev–Trinajstić information content (AvgIpc) is 2.88. The molecule has 1 unspecified atom stereocenters. The Morgan fingerprint density at radius 3 is 1.94 bits per heavy atom. The molecule has 0 saturated carbocycles. The van der Waals surface area contributed by atoms with E-state index in [-0.39, 0.29) is 6.29 Å². The van der Waals surface area contributed by atoms with Crippen molar-refractivity contribution < 1.29 is 23.7 Å². The Labute approximate surface area is 201 Å². The van der Waals surface area contributed by atoms with Crippen molar-refractivity contribution in [2.75, 3.05) is 20.3 Å². The molecule has 0 aromatic heterocycles. The molecule has 0 amide bonds. The van der Waals surface area contributed by atoms with Crippen molar-refractivity contribution in [2.24, 2.45) is 0 Å². The van der Waals surface area contributed by atoms with Gasteiger partial charge in [0, 0.05) is 18.9 Å². The minimum Gasteiger partial charge on any atom is -0.497 e. The van der Waals surface area contributed by atoms with Gasteiger partial charge in [0.15, 0.2) is 6.29 Å². The van der Waals surface area contributed by atoms with E-state index < -0.39 is 11.4 Å². The minimum atomic E-state index is -0.621. The maximum Gasteiger partial charge on any atom is 0.389 e. The summed E-state index contributed by atoms with van der Waals surface area (Å²) in [5.41, 5.74) is 1.49. The van der Waals surface area contributed by atoms with E-state index in [4.69, 9.17) is 18.9 Å². The number of carbonyl (C=O) groups excluding carboxylic acids is 1. The topological polar surface area (TPSA) is 54.0 Å². The number of benzene rings is 3. The summed E-state index contributed by atoms with van der Waals surface area (Å²) in [7, 11) is 1.58.